The Labute approximate surface area is 78.8 Å². The molecule has 1 aromatic heterocycles. The summed E-state index contributed by atoms with van der Waals surface area (Å²) in [6.45, 7) is 0. The minimum atomic E-state index is 0.641. The van der Waals surface area contributed by atoms with E-state index in [9.17, 15) is 0 Å². The fourth-order valence-corrected chi connectivity index (χ4v) is 1.71. The van der Waals surface area contributed by atoms with E-state index in [4.69, 9.17) is 12.2 Å². The maximum Gasteiger partial charge on any atom is 0.127 e. The van der Waals surface area contributed by atoms with Gasteiger partial charge in [0, 0.05) is 5.22 Å². The minimum Gasteiger partial charge on any atom is -0.345 e. The maximum atomic E-state index is 4.98. The zero-order valence-electron chi connectivity index (χ0n) is 6.61. The molecule has 0 spiro atoms. The molecular weight excluding hydrogens is 182 g/mol. The Morgan fingerprint density at radius 2 is 2.23 bits per heavy atom. The van der Waals surface area contributed by atoms with Gasteiger partial charge in [0.1, 0.15) is 4.99 Å². The molecule has 2 aromatic rings. The molecule has 13 heavy (non-hydrogen) atoms. The van der Waals surface area contributed by atoms with Crippen molar-refractivity contribution in [1.82, 2.24) is 9.97 Å². The van der Waals surface area contributed by atoms with Gasteiger partial charge in [-0.25, -0.2) is 9.98 Å². The van der Waals surface area contributed by atoms with Crippen molar-refractivity contribution >= 4 is 34.3 Å². The van der Waals surface area contributed by atoms with Crippen LogP contribution in [0.3, 0.4) is 0 Å². The summed E-state index contributed by atoms with van der Waals surface area (Å²) < 4.78 is 0. The zero-order chi connectivity index (χ0) is 8.84. The molecule has 0 unspecified atom stereocenters. The minimum absolute atomic E-state index is 0.641. The first-order valence-electron chi connectivity index (χ1n) is 3.90. The summed E-state index contributed by atoms with van der Waals surface area (Å²) in [5, 5.41) is 1.99. The second-order valence-electron chi connectivity index (χ2n) is 2.93. The maximum absolute atomic E-state index is 4.98. The van der Waals surface area contributed by atoms with Gasteiger partial charge >= 0.3 is 0 Å². The van der Waals surface area contributed by atoms with Gasteiger partial charge in [0.05, 0.1) is 22.7 Å². The van der Waals surface area contributed by atoms with Crippen LogP contribution in [-0.2, 0) is 0 Å². The number of H-pyrrole nitrogens is 1. The van der Waals surface area contributed by atoms with Gasteiger partial charge in [-0.1, -0.05) is 12.2 Å². The summed E-state index contributed by atoms with van der Waals surface area (Å²) in [5.74, 6) is 0. The van der Waals surface area contributed by atoms with Gasteiger partial charge in [-0.05, 0) is 18.2 Å². The Kier molecular flexibility index (Phi) is 1.19. The van der Waals surface area contributed by atoms with E-state index in [0.29, 0.717) is 4.99 Å². The number of aromatic nitrogens is 2. The summed E-state index contributed by atoms with van der Waals surface area (Å²) in [6, 6.07) is 3.96. The van der Waals surface area contributed by atoms with Gasteiger partial charge in [-0.3, -0.25) is 0 Å². The number of benzene rings is 1. The molecule has 1 N–H and O–H groups in total. The lowest BCUT2D eigenvalue weighted by molar-refractivity contribution is 1.34. The first kappa shape index (κ1) is 6.91. The Morgan fingerprint density at radius 1 is 1.31 bits per heavy atom. The molecule has 0 bridgehead atoms. The predicted octanol–water partition coefficient (Wildman–Crippen LogP) is 0.304. The van der Waals surface area contributed by atoms with Crippen molar-refractivity contribution in [3.8, 4) is 0 Å². The van der Waals surface area contributed by atoms with Crippen molar-refractivity contribution in [2.75, 3.05) is 0 Å². The van der Waals surface area contributed by atoms with Crippen molar-refractivity contribution in [3.63, 3.8) is 0 Å². The fourth-order valence-electron chi connectivity index (χ4n) is 1.48. The highest BCUT2D eigenvalue weighted by atomic mass is 32.1. The standard InChI is InChI=1S/C9H5N3S/c13-9-2-5-1-7-8(11-4-10-7)3-6(5)12-9/h1-4H,(H,10,11). The SMILES string of the molecule is S=C1C=c2cc3[nH]cnc3cc2=N1. The third-order valence-corrected chi connectivity index (χ3v) is 2.29. The predicted molar refractivity (Wildman–Crippen MR) is 53.9 cm³/mol. The third kappa shape index (κ3) is 0.922. The van der Waals surface area contributed by atoms with Crippen LogP contribution in [0.25, 0.3) is 17.1 Å². The lowest BCUT2D eigenvalue weighted by atomic mass is 10.2. The summed E-state index contributed by atoms with van der Waals surface area (Å²) in [7, 11) is 0. The van der Waals surface area contributed by atoms with Crippen LogP contribution in [-0.4, -0.2) is 15.0 Å². The van der Waals surface area contributed by atoms with Crippen molar-refractivity contribution in [2.45, 2.75) is 0 Å². The van der Waals surface area contributed by atoms with Gasteiger partial charge in [-0.15, -0.1) is 0 Å². The number of thiocarbonyl (C=S) groups is 1. The molecule has 0 radical (unpaired) electrons. The second-order valence-corrected chi connectivity index (χ2v) is 3.34. The number of imidazole rings is 1. The van der Waals surface area contributed by atoms with Gasteiger partial charge in [0.2, 0.25) is 0 Å². The van der Waals surface area contributed by atoms with Crippen molar-refractivity contribution in [3.05, 3.63) is 29.0 Å². The van der Waals surface area contributed by atoms with Gasteiger partial charge in [0.25, 0.3) is 0 Å². The number of nitrogens with zero attached hydrogens (tertiary/aromatic N) is 2. The second kappa shape index (κ2) is 2.23. The van der Waals surface area contributed by atoms with Gasteiger partial charge in [-0.2, -0.15) is 0 Å². The largest absolute Gasteiger partial charge is 0.345 e. The molecule has 2 heterocycles. The molecule has 0 atom stereocenters. The summed E-state index contributed by atoms with van der Waals surface area (Å²) in [4.78, 5) is 12.0. The van der Waals surface area contributed by atoms with Crippen LogP contribution < -0.4 is 10.6 Å². The van der Waals surface area contributed by atoms with Crippen molar-refractivity contribution < 1.29 is 0 Å². The molecule has 1 aliphatic rings. The molecule has 62 valence electrons. The van der Waals surface area contributed by atoms with E-state index in [-0.39, 0.29) is 0 Å². The number of hydrogen-bond acceptors (Lipinski definition) is 2. The third-order valence-electron chi connectivity index (χ3n) is 2.08. The molecule has 3 nitrogen and oxygen atoms in total. The van der Waals surface area contributed by atoms with Crippen LogP contribution in [0.2, 0.25) is 0 Å². The first-order valence-corrected chi connectivity index (χ1v) is 4.31. The van der Waals surface area contributed by atoms with Crippen LogP contribution in [0.5, 0.6) is 0 Å². The molecule has 0 saturated heterocycles. The highest BCUT2D eigenvalue weighted by Gasteiger charge is 2.02. The average Bonchev–Trinajstić information content (AvgIpc) is 2.63. The normalized spacial score (nSPS) is 14.0. The summed E-state index contributed by atoms with van der Waals surface area (Å²) in [6.07, 6.45) is 3.57. The molecule has 1 aromatic carbocycles. The highest BCUT2D eigenvalue weighted by Crippen LogP contribution is 2.02. The zero-order valence-corrected chi connectivity index (χ0v) is 7.43. The lowest BCUT2D eigenvalue weighted by Crippen LogP contribution is -2.20. The number of hydrogen-bond donors (Lipinski definition) is 1. The van der Waals surface area contributed by atoms with E-state index in [2.05, 4.69) is 15.0 Å². The number of rotatable bonds is 0. The molecule has 4 heteroatoms. The molecule has 0 saturated carbocycles. The molecule has 1 aliphatic heterocycles. The molecule has 0 fully saturated rings. The van der Waals surface area contributed by atoms with E-state index in [0.717, 1.165) is 21.6 Å². The van der Waals surface area contributed by atoms with E-state index in [1.54, 1.807) is 6.33 Å². The average molecular weight is 187 g/mol. The Bertz CT molecular complexity index is 572. The van der Waals surface area contributed by atoms with Crippen molar-refractivity contribution in [1.29, 1.82) is 0 Å². The van der Waals surface area contributed by atoms with E-state index < -0.39 is 0 Å². The van der Waals surface area contributed by atoms with Crippen molar-refractivity contribution in [2.24, 2.45) is 4.99 Å². The van der Waals surface area contributed by atoms with Crippen LogP contribution in [0, 0.1) is 0 Å². The lowest BCUT2D eigenvalue weighted by Gasteiger charge is -1.85. The van der Waals surface area contributed by atoms with Crippen LogP contribution in [0.4, 0.5) is 0 Å². The molecule has 0 aliphatic carbocycles. The topological polar surface area (TPSA) is 41.0 Å². The molecule has 3 rings (SSSR count). The van der Waals surface area contributed by atoms with Gasteiger partial charge < -0.3 is 4.98 Å². The van der Waals surface area contributed by atoms with E-state index in [1.807, 2.05) is 18.2 Å². The van der Waals surface area contributed by atoms with Gasteiger partial charge in [0.15, 0.2) is 0 Å². The Hall–Kier alpha value is -1.55. The van der Waals surface area contributed by atoms with Crippen LogP contribution >= 0.6 is 12.2 Å². The summed E-state index contributed by atoms with van der Waals surface area (Å²) in [5.41, 5.74) is 1.95. The smallest absolute Gasteiger partial charge is 0.127 e. The Balaban J connectivity index is 2.60. The monoisotopic (exact) mass is 187 g/mol. The number of nitrogens with one attached hydrogen (secondary N) is 1. The van der Waals surface area contributed by atoms with E-state index >= 15 is 0 Å². The molecular formula is C9H5N3S. The summed E-state index contributed by atoms with van der Waals surface area (Å²) >= 11 is 4.98. The Morgan fingerprint density at radius 3 is 3.15 bits per heavy atom. The number of aromatic amines is 1. The van der Waals surface area contributed by atoms with E-state index in [1.165, 1.54) is 0 Å². The van der Waals surface area contributed by atoms with Crippen LogP contribution in [0.1, 0.15) is 0 Å². The quantitative estimate of drug-likeness (QED) is 0.603. The highest BCUT2D eigenvalue weighted by molar-refractivity contribution is 7.81. The fraction of sp³-hybridized carbons (Fsp3) is 0. The van der Waals surface area contributed by atoms with Crippen LogP contribution in [0.15, 0.2) is 23.5 Å². The number of fused-ring (bicyclic) bond motifs is 2. The molecule has 0 amide bonds. The first-order chi connectivity index (χ1) is 6.33.